The van der Waals surface area contributed by atoms with Crippen molar-refractivity contribution in [1.82, 2.24) is 0 Å². The Bertz CT molecular complexity index is 1740. The molecule has 2 saturated carbocycles. The molecule has 5 heteroatoms. The summed E-state index contributed by atoms with van der Waals surface area (Å²) >= 11 is 10.3. The van der Waals surface area contributed by atoms with E-state index in [0.29, 0.717) is 21.4 Å². The Morgan fingerprint density at radius 2 is 1.31 bits per heavy atom. The van der Waals surface area contributed by atoms with Crippen molar-refractivity contribution in [2.24, 2.45) is 29.1 Å². The van der Waals surface area contributed by atoms with Gasteiger partial charge in [0.2, 0.25) is 0 Å². The predicted molar refractivity (Wildman–Crippen MR) is 193 cm³/mol. The van der Waals surface area contributed by atoms with Crippen LogP contribution in [0.1, 0.15) is 88.0 Å². The standard InChI is InChI=1S/C25H33.C13H8Cl2.C5H5.2ClH.Zr/c1-15-13-21-19-11-7-8-12-20(19)24-18-10-6-5-9-17(18)14-22(24)23(21)16(2)25(15,3)4;14-12-5-1-10(2-6-12)9-11-3-7-13(15)8-4-11;1-2-4-5-3-1;;;/h5-6,9-10,15,19-21,24H,7-8,11-14H2,1-4H3;1-8H;1-5H;2*1H;/q;;;;;+2/p-2. The van der Waals surface area contributed by atoms with E-state index >= 15 is 0 Å². The van der Waals surface area contributed by atoms with E-state index < -0.39 is 21.3 Å². The van der Waals surface area contributed by atoms with Crippen molar-refractivity contribution < 1.29 is 46.1 Å². The number of hydrogen-bond acceptors (Lipinski definition) is 0. The van der Waals surface area contributed by atoms with Crippen molar-refractivity contribution in [3.63, 3.8) is 0 Å². The van der Waals surface area contributed by atoms with Crippen LogP contribution >= 0.6 is 23.2 Å². The van der Waals surface area contributed by atoms with E-state index in [4.69, 9.17) is 23.2 Å². The van der Waals surface area contributed by atoms with Crippen molar-refractivity contribution in [1.29, 1.82) is 0 Å². The molecule has 5 aliphatic carbocycles. The molecule has 0 saturated heterocycles. The number of halogens is 4. The molecule has 48 heavy (non-hydrogen) atoms. The first-order valence-corrected chi connectivity index (χ1v) is 22.3. The number of benzene rings is 3. The van der Waals surface area contributed by atoms with Gasteiger partial charge in [-0.2, -0.15) is 0 Å². The molecule has 6 atom stereocenters. The summed E-state index contributed by atoms with van der Waals surface area (Å²) in [5.41, 5.74) is 9.87. The van der Waals surface area contributed by atoms with Crippen LogP contribution in [0.4, 0.5) is 0 Å². The summed E-state index contributed by atoms with van der Waals surface area (Å²) in [7, 11) is 0. The van der Waals surface area contributed by atoms with E-state index in [1.165, 1.54) is 43.2 Å². The largest absolute Gasteiger partial charge is 1.00 e. The van der Waals surface area contributed by atoms with Gasteiger partial charge in [-0.05, 0) is 0 Å². The first-order chi connectivity index (χ1) is 22.2. The average Bonchev–Trinajstić information content (AvgIpc) is 3.72. The second-order valence-corrected chi connectivity index (χ2v) is 23.8. The smallest absolute Gasteiger partial charge is 1.00 e. The van der Waals surface area contributed by atoms with Gasteiger partial charge in [0.05, 0.1) is 0 Å². The molecule has 0 radical (unpaired) electrons. The van der Waals surface area contributed by atoms with Gasteiger partial charge in [0.25, 0.3) is 0 Å². The van der Waals surface area contributed by atoms with E-state index in [0.717, 1.165) is 28.3 Å². The van der Waals surface area contributed by atoms with Crippen LogP contribution < -0.4 is 24.8 Å². The number of hydrogen-bond donors (Lipinski definition) is 0. The molecule has 3 aromatic rings. The van der Waals surface area contributed by atoms with Crippen LogP contribution in [-0.2, 0) is 27.7 Å². The molecule has 0 aliphatic heterocycles. The van der Waals surface area contributed by atoms with Gasteiger partial charge >= 0.3 is 296 Å². The summed E-state index contributed by atoms with van der Waals surface area (Å²) < 4.78 is 2.21. The zero-order valence-corrected chi connectivity index (χ0v) is 33.9. The van der Waals surface area contributed by atoms with Crippen molar-refractivity contribution in [2.75, 3.05) is 0 Å². The van der Waals surface area contributed by atoms with Crippen molar-refractivity contribution >= 4 is 26.4 Å². The molecule has 2 fully saturated rings. The first-order valence-electron chi connectivity index (χ1n) is 17.6. The van der Waals surface area contributed by atoms with Gasteiger partial charge in [-0.1, -0.05) is 0 Å². The van der Waals surface area contributed by atoms with E-state index in [-0.39, 0.29) is 33.4 Å². The molecule has 0 nitrogen and oxygen atoms in total. The summed E-state index contributed by atoms with van der Waals surface area (Å²) in [6.45, 7) is 10.7. The molecular weight excluding hydrogens is 750 g/mol. The van der Waals surface area contributed by atoms with Crippen molar-refractivity contribution in [2.45, 2.75) is 78.9 Å². The quantitative estimate of drug-likeness (QED) is 0.268. The number of rotatable bonds is 4. The SMILES string of the molecule is CC1CC2C(=C3Cc4ccccc4C3C3CCCCC23)[C](C)([Zr+2](=[C](c2ccc(Cl)cc2)c2ccc(Cl)cc2)[CH]2C=CC=C2)C1(C)C.[Cl-].[Cl-]. The minimum atomic E-state index is -2.84. The van der Waals surface area contributed by atoms with Gasteiger partial charge in [-0.25, -0.2) is 0 Å². The van der Waals surface area contributed by atoms with Crippen LogP contribution in [0, 0.1) is 29.1 Å². The maximum Gasteiger partial charge on any atom is -1.00 e. The Balaban J connectivity index is 0.00000201. The third-order valence-electron chi connectivity index (χ3n) is 13.5. The van der Waals surface area contributed by atoms with Crippen LogP contribution in [0.15, 0.2) is 108 Å². The third-order valence-corrected chi connectivity index (χ3v) is 24.2. The average molecular weight is 796 g/mol. The second-order valence-electron chi connectivity index (χ2n) is 15.6. The molecule has 0 N–H and O–H groups in total. The van der Waals surface area contributed by atoms with Crippen LogP contribution in [0.5, 0.6) is 0 Å². The summed E-state index contributed by atoms with van der Waals surface area (Å²) in [5.74, 6) is 3.55. The molecule has 0 spiro atoms. The van der Waals surface area contributed by atoms with Gasteiger partial charge in [-0.3, -0.25) is 0 Å². The van der Waals surface area contributed by atoms with Gasteiger partial charge < -0.3 is 24.8 Å². The Labute approximate surface area is 318 Å². The molecule has 8 rings (SSSR count). The molecule has 0 bridgehead atoms. The molecular formula is C43H46Cl4Zr. The van der Waals surface area contributed by atoms with Crippen LogP contribution in [0.2, 0.25) is 16.8 Å². The fraction of sp³-hybridized carbons (Fsp3) is 0.419. The third kappa shape index (κ3) is 5.70. The van der Waals surface area contributed by atoms with Gasteiger partial charge in [-0.15, -0.1) is 0 Å². The van der Waals surface area contributed by atoms with Gasteiger partial charge in [0, 0.05) is 0 Å². The Hall–Kier alpha value is -1.21. The normalized spacial score (nSPS) is 29.4. The molecule has 5 aliphatic rings. The molecule has 0 amide bonds. The number of fused-ring (bicyclic) bond motifs is 7. The summed E-state index contributed by atoms with van der Waals surface area (Å²) in [4.78, 5) is 0. The minimum absolute atomic E-state index is 0. The maximum absolute atomic E-state index is 6.55. The van der Waals surface area contributed by atoms with Crippen LogP contribution in [-0.4, -0.2) is 3.21 Å². The summed E-state index contributed by atoms with van der Waals surface area (Å²) in [5, 5.41) is 1.60. The van der Waals surface area contributed by atoms with E-state index in [1.807, 2.05) is 11.1 Å². The Morgan fingerprint density at radius 1 is 0.750 bits per heavy atom. The molecule has 0 aromatic heterocycles. The van der Waals surface area contributed by atoms with Crippen LogP contribution in [0.3, 0.4) is 0 Å². The molecule has 0 heterocycles. The first kappa shape index (κ1) is 36.6. The summed E-state index contributed by atoms with van der Waals surface area (Å²) in [6.07, 6.45) is 17.9. The summed E-state index contributed by atoms with van der Waals surface area (Å²) in [6, 6.07) is 27.2. The zero-order chi connectivity index (χ0) is 31.8. The van der Waals surface area contributed by atoms with Crippen molar-refractivity contribution in [3.05, 3.63) is 141 Å². The van der Waals surface area contributed by atoms with Crippen molar-refractivity contribution in [3.8, 4) is 0 Å². The minimum Gasteiger partial charge on any atom is -1.00 e. The van der Waals surface area contributed by atoms with Gasteiger partial charge in [0.1, 0.15) is 0 Å². The van der Waals surface area contributed by atoms with E-state index in [2.05, 4.69) is 125 Å². The molecule has 250 valence electrons. The predicted octanol–water partition coefficient (Wildman–Crippen LogP) is 6.42. The Morgan fingerprint density at radius 3 is 1.92 bits per heavy atom. The topological polar surface area (TPSA) is 0 Å². The fourth-order valence-electron chi connectivity index (χ4n) is 10.9. The van der Waals surface area contributed by atoms with E-state index in [9.17, 15) is 0 Å². The zero-order valence-electron chi connectivity index (χ0n) is 28.5. The van der Waals surface area contributed by atoms with Crippen LogP contribution in [0.25, 0.3) is 0 Å². The fourth-order valence-corrected chi connectivity index (χ4v) is 22.5. The second kappa shape index (κ2) is 14.1. The van der Waals surface area contributed by atoms with E-state index in [1.54, 1.807) is 14.3 Å². The molecule has 3 aromatic carbocycles. The number of allylic oxidation sites excluding steroid dienone is 6. The molecule has 6 unspecified atom stereocenters. The monoisotopic (exact) mass is 792 g/mol. The Kier molecular flexibility index (Phi) is 10.7. The maximum atomic E-state index is 6.55. The van der Waals surface area contributed by atoms with Gasteiger partial charge in [0.15, 0.2) is 0 Å².